The highest BCUT2D eigenvalue weighted by Crippen LogP contribution is 2.09. The number of nitrogens with one attached hydrogen (secondary N) is 1. The van der Waals surface area contributed by atoms with Gasteiger partial charge in [0, 0.05) is 24.4 Å². The van der Waals surface area contributed by atoms with E-state index in [4.69, 9.17) is 18.0 Å². The molecule has 0 atom stereocenters. The molecule has 0 unspecified atom stereocenters. The zero-order valence-electron chi connectivity index (χ0n) is 9.75. The summed E-state index contributed by atoms with van der Waals surface area (Å²) in [6.45, 7) is 0. The third-order valence-corrected chi connectivity index (χ3v) is 2.61. The van der Waals surface area contributed by atoms with E-state index in [0.717, 1.165) is 0 Å². The zero-order chi connectivity index (χ0) is 13.1. The molecule has 5 nitrogen and oxygen atoms in total. The molecule has 0 radical (unpaired) electrons. The van der Waals surface area contributed by atoms with Gasteiger partial charge in [0.2, 0.25) is 0 Å². The third kappa shape index (κ3) is 2.72. The molecule has 92 valence electrons. The number of hydrogen-bond acceptors (Lipinski definition) is 3. The van der Waals surface area contributed by atoms with Crippen molar-refractivity contribution in [1.29, 1.82) is 0 Å². The van der Waals surface area contributed by atoms with Crippen LogP contribution >= 0.6 is 12.2 Å². The number of anilines is 1. The molecule has 2 rings (SSSR count). The number of benzene rings is 1. The van der Waals surface area contributed by atoms with Crippen molar-refractivity contribution in [3.63, 3.8) is 0 Å². The molecular formula is C12H12N4OS. The van der Waals surface area contributed by atoms with Crippen molar-refractivity contribution in [2.75, 3.05) is 5.32 Å². The van der Waals surface area contributed by atoms with Gasteiger partial charge >= 0.3 is 0 Å². The normalized spacial score (nSPS) is 10.1. The second-order valence-corrected chi connectivity index (χ2v) is 4.24. The number of nitrogens with zero attached hydrogens (tertiary/aromatic N) is 2. The summed E-state index contributed by atoms with van der Waals surface area (Å²) in [7, 11) is 1.78. The zero-order valence-corrected chi connectivity index (χ0v) is 10.6. The summed E-state index contributed by atoms with van der Waals surface area (Å²) in [5.41, 5.74) is 7.34. The van der Waals surface area contributed by atoms with Gasteiger partial charge in [0.25, 0.3) is 5.91 Å². The Morgan fingerprint density at radius 1 is 1.44 bits per heavy atom. The SMILES string of the molecule is Cn1cc(NC(=O)c2cccc(C(N)=S)c2)cn1. The van der Waals surface area contributed by atoms with E-state index >= 15 is 0 Å². The van der Waals surface area contributed by atoms with Crippen LogP contribution in [0.25, 0.3) is 0 Å². The van der Waals surface area contributed by atoms with E-state index in [0.29, 0.717) is 16.8 Å². The summed E-state index contributed by atoms with van der Waals surface area (Å²) in [6, 6.07) is 6.87. The first-order valence-corrected chi connectivity index (χ1v) is 5.67. The van der Waals surface area contributed by atoms with Crippen molar-refractivity contribution in [3.05, 3.63) is 47.8 Å². The standard InChI is InChI=1S/C12H12N4OS/c1-16-7-10(6-14-16)15-12(17)9-4-2-3-8(5-9)11(13)18/h2-7H,1H3,(H2,13,18)(H,15,17). The fourth-order valence-electron chi connectivity index (χ4n) is 1.50. The Bertz CT molecular complexity index is 606. The van der Waals surface area contributed by atoms with Gasteiger partial charge in [-0.3, -0.25) is 9.48 Å². The Morgan fingerprint density at radius 2 is 2.17 bits per heavy atom. The molecule has 0 saturated carbocycles. The molecule has 0 aliphatic heterocycles. The van der Waals surface area contributed by atoms with E-state index in [9.17, 15) is 4.79 Å². The fourth-order valence-corrected chi connectivity index (χ4v) is 1.63. The van der Waals surface area contributed by atoms with Gasteiger partial charge in [0.1, 0.15) is 4.99 Å². The second kappa shape index (κ2) is 4.97. The van der Waals surface area contributed by atoms with Crippen molar-refractivity contribution in [1.82, 2.24) is 9.78 Å². The van der Waals surface area contributed by atoms with Gasteiger partial charge in [-0.25, -0.2) is 0 Å². The summed E-state index contributed by atoms with van der Waals surface area (Å²) < 4.78 is 1.61. The minimum atomic E-state index is -0.221. The number of aromatic nitrogens is 2. The average Bonchev–Trinajstić information content (AvgIpc) is 2.75. The lowest BCUT2D eigenvalue weighted by molar-refractivity contribution is 0.102. The lowest BCUT2D eigenvalue weighted by Crippen LogP contribution is -2.14. The highest BCUT2D eigenvalue weighted by molar-refractivity contribution is 7.80. The number of rotatable bonds is 3. The van der Waals surface area contributed by atoms with Gasteiger partial charge in [-0.15, -0.1) is 0 Å². The van der Waals surface area contributed by atoms with Crippen LogP contribution < -0.4 is 11.1 Å². The van der Waals surface area contributed by atoms with Gasteiger partial charge in [0.15, 0.2) is 0 Å². The predicted octanol–water partition coefficient (Wildman–Crippen LogP) is 1.31. The third-order valence-electron chi connectivity index (χ3n) is 2.37. The van der Waals surface area contributed by atoms with Crippen LogP contribution in [0.1, 0.15) is 15.9 Å². The molecule has 0 saturated heterocycles. The van der Waals surface area contributed by atoms with E-state index < -0.39 is 0 Å². The smallest absolute Gasteiger partial charge is 0.255 e. The van der Waals surface area contributed by atoms with E-state index in [1.54, 1.807) is 48.4 Å². The minimum Gasteiger partial charge on any atom is -0.389 e. The fraction of sp³-hybridized carbons (Fsp3) is 0.0833. The molecule has 6 heteroatoms. The van der Waals surface area contributed by atoms with Crippen molar-refractivity contribution in [2.24, 2.45) is 12.8 Å². The predicted molar refractivity (Wildman–Crippen MR) is 73.5 cm³/mol. The van der Waals surface area contributed by atoms with Crippen molar-refractivity contribution in [2.45, 2.75) is 0 Å². The summed E-state index contributed by atoms with van der Waals surface area (Å²) in [5.74, 6) is -0.221. The number of nitrogens with two attached hydrogens (primary N) is 1. The Hall–Kier alpha value is -2.21. The molecule has 0 bridgehead atoms. The first-order valence-electron chi connectivity index (χ1n) is 5.26. The number of thiocarbonyl (C=S) groups is 1. The van der Waals surface area contributed by atoms with E-state index in [1.165, 1.54) is 0 Å². The molecule has 1 amide bonds. The summed E-state index contributed by atoms with van der Waals surface area (Å²) in [6.07, 6.45) is 3.30. The maximum absolute atomic E-state index is 12.0. The summed E-state index contributed by atoms with van der Waals surface area (Å²) in [4.78, 5) is 12.2. The molecule has 3 N–H and O–H groups in total. The van der Waals surface area contributed by atoms with Crippen LogP contribution in [0.3, 0.4) is 0 Å². The molecule has 0 fully saturated rings. The number of aryl methyl sites for hydroxylation is 1. The van der Waals surface area contributed by atoms with Gasteiger partial charge in [-0.1, -0.05) is 24.4 Å². The lowest BCUT2D eigenvalue weighted by atomic mass is 10.1. The van der Waals surface area contributed by atoms with Crippen molar-refractivity contribution in [3.8, 4) is 0 Å². The van der Waals surface area contributed by atoms with Crippen LogP contribution in [0.5, 0.6) is 0 Å². The van der Waals surface area contributed by atoms with Crippen LogP contribution in [0.2, 0.25) is 0 Å². The van der Waals surface area contributed by atoms with Gasteiger partial charge in [-0.2, -0.15) is 5.10 Å². The van der Waals surface area contributed by atoms with Crippen LogP contribution in [0, 0.1) is 0 Å². The number of amides is 1. The maximum Gasteiger partial charge on any atom is 0.255 e. The van der Waals surface area contributed by atoms with E-state index in [2.05, 4.69) is 10.4 Å². The number of carbonyl (C=O) groups excluding carboxylic acids is 1. The molecule has 0 spiro atoms. The first-order chi connectivity index (χ1) is 8.56. The van der Waals surface area contributed by atoms with Crippen LogP contribution in [0.15, 0.2) is 36.7 Å². The van der Waals surface area contributed by atoms with E-state index in [-0.39, 0.29) is 10.9 Å². The van der Waals surface area contributed by atoms with Crippen LogP contribution in [-0.2, 0) is 7.05 Å². The maximum atomic E-state index is 12.0. The number of carbonyl (C=O) groups is 1. The van der Waals surface area contributed by atoms with Crippen LogP contribution in [0.4, 0.5) is 5.69 Å². The lowest BCUT2D eigenvalue weighted by Gasteiger charge is -2.04. The Kier molecular flexibility index (Phi) is 3.38. The molecule has 0 aliphatic carbocycles. The van der Waals surface area contributed by atoms with Crippen molar-refractivity contribution >= 4 is 28.8 Å². The molecule has 0 aliphatic rings. The Morgan fingerprint density at radius 3 is 2.78 bits per heavy atom. The Balaban J connectivity index is 2.18. The number of hydrogen-bond donors (Lipinski definition) is 2. The highest BCUT2D eigenvalue weighted by atomic mass is 32.1. The molecule has 1 aromatic heterocycles. The van der Waals surface area contributed by atoms with Gasteiger partial charge in [-0.05, 0) is 12.1 Å². The second-order valence-electron chi connectivity index (χ2n) is 3.80. The van der Waals surface area contributed by atoms with Gasteiger partial charge < -0.3 is 11.1 Å². The molecule has 1 aromatic carbocycles. The quantitative estimate of drug-likeness (QED) is 0.816. The van der Waals surface area contributed by atoms with Crippen molar-refractivity contribution < 1.29 is 4.79 Å². The minimum absolute atomic E-state index is 0.221. The summed E-state index contributed by atoms with van der Waals surface area (Å²) >= 11 is 4.87. The van der Waals surface area contributed by atoms with Gasteiger partial charge in [0.05, 0.1) is 11.9 Å². The largest absolute Gasteiger partial charge is 0.389 e. The molecule has 18 heavy (non-hydrogen) atoms. The molecule has 1 heterocycles. The highest BCUT2D eigenvalue weighted by Gasteiger charge is 2.08. The molecule has 2 aromatic rings. The van der Waals surface area contributed by atoms with E-state index in [1.807, 2.05) is 0 Å². The van der Waals surface area contributed by atoms with Crippen LogP contribution in [-0.4, -0.2) is 20.7 Å². The first kappa shape index (κ1) is 12.3. The Labute approximate surface area is 110 Å². The monoisotopic (exact) mass is 260 g/mol. The summed E-state index contributed by atoms with van der Waals surface area (Å²) in [5, 5.41) is 6.71. The average molecular weight is 260 g/mol. The molecular weight excluding hydrogens is 248 g/mol. The topological polar surface area (TPSA) is 72.9 Å².